The minimum atomic E-state index is -0.441. The fourth-order valence-electron chi connectivity index (χ4n) is 3.03. The molecule has 1 atom stereocenters. The second kappa shape index (κ2) is 9.91. The first-order valence-electron chi connectivity index (χ1n) is 8.71. The van der Waals surface area contributed by atoms with Gasteiger partial charge < -0.3 is 19.4 Å². The Hall–Kier alpha value is -2.35. The van der Waals surface area contributed by atoms with Gasteiger partial charge in [-0.15, -0.1) is 12.4 Å². The van der Waals surface area contributed by atoms with Crippen molar-refractivity contribution in [1.29, 1.82) is 0 Å². The molecule has 0 aliphatic carbocycles. The second-order valence-corrected chi connectivity index (χ2v) is 7.46. The lowest BCUT2D eigenvalue weighted by atomic mass is 10.0. The maximum absolute atomic E-state index is 12.6. The molecule has 0 aliphatic rings. The highest BCUT2D eigenvalue weighted by Crippen LogP contribution is 2.27. The van der Waals surface area contributed by atoms with Crippen molar-refractivity contribution in [1.82, 2.24) is 10.2 Å². The van der Waals surface area contributed by atoms with Crippen molar-refractivity contribution in [2.24, 2.45) is 0 Å². The lowest BCUT2D eigenvalue weighted by Crippen LogP contribution is -2.35. The van der Waals surface area contributed by atoms with Gasteiger partial charge in [0.25, 0.3) is 5.91 Å². The Bertz CT molecular complexity index is 1070. The van der Waals surface area contributed by atoms with Gasteiger partial charge >= 0.3 is 0 Å². The minimum Gasteiger partial charge on any atom is -0.496 e. The van der Waals surface area contributed by atoms with Crippen LogP contribution in [0.4, 0.5) is 0 Å². The summed E-state index contributed by atoms with van der Waals surface area (Å²) in [6, 6.07) is 13.9. The molecule has 3 aromatic rings. The molecule has 1 unspecified atom stereocenters. The topological polar surface area (TPSA) is 71.8 Å². The van der Waals surface area contributed by atoms with Crippen molar-refractivity contribution >= 4 is 45.2 Å². The zero-order chi connectivity index (χ0) is 20.3. The lowest BCUT2D eigenvalue weighted by Gasteiger charge is -2.26. The van der Waals surface area contributed by atoms with Gasteiger partial charge in [-0.3, -0.25) is 9.59 Å². The van der Waals surface area contributed by atoms with Gasteiger partial charge in [-0.25, -0.2) is 0 Å². The number of carbonyl (C=O) groups excluding carboxylic acids is 1. The molecule has 154 valence electrons. The number of benzene rings is 2. The van der Waals surface area contributed by atoms with Crippen LogP contribution in [0.1, 0.15) is 22.2 Å². The van der Waals surface area contributed by atoms with Crippen LogP contribution < -0.4 is 15.5 Å². The average Bonchev–Trinajstić information content (AvgIpc) is 2.68. The van der Waals surface area contributed by atoms with Crippen LogP contribution in [0.2, 0.25) is 0 Å². The fourth-order valence-corrected chi connectivity index (χ4v) is 3.39. The van der Waals surface area contributed by atoms with Crippen LogP contribution in [0.5, 0.6) is 5.75 Å². The van der Waals surface area contributed by atoms with E-state index < -0.39 is 5.91 Å². The van der Waals surface area contributed by atoms with Crippen LogP contribution in [-0.2, 0) is 0 Å². The van der Waals surface area contributed by atoms with Crippen molar-refractivity contribution < 1.29 is 13.9 Å². The number of amides is 1. The van der Waals surface area contributed by atoms with Gasteiger partial charge in [-0.2, -0.15) is 0 Å². The molecule has 1 amide bonds. The number of ether oxygens (including phenoxy) is 1. The third-order valence-corrected chi connectivity index (χ3v) is 4.98. The molecular formula is C21H22BrClN2O4. The van der Waals surface area contributed by atoms with E-state index in [0.29, 0.717) is 17.5 Å². The van der Waals surface area contributed by atoms with Gasteiger partial charge in [0.15, 0.2) is 11.2 Å². The standard InChI is InChI=1S/C21H21BrN2O4.ClH/c1-24(2)16(14-6-4-5-7-18(14)27-3)12-23-21(26)20-11-17(25)15-10-13(22)8-9-19(15)28-20;/h4-11,16H,12H2,1-3H3,(H,23,26);1H. The van der Waals surface area contributed by atoms with Crippen molar-refractivity contribution in [3.8, 4) is 5.75 Å². The van der Waals surface area contributed by atoms with E-state index in [1.807, 2.05) is 43.3 Å². The monoisotopic (exact) mass is 480 g/mol. The van der Waals surface area contributed by atoms with E-state index in [2.05, 4.69) is 21.2 Å². The first-order valence-corrected chi connectivity index (χ1v) is 9.51. The zero-order valence-electron chi connectivity index (χ0n) is 16.3. The number of rotatable bonds is 6. The van der Waals surface area contributed by atoms with E-state index >= 15 is 0 Å². The number of likely N-dealkylation sites (N-methyl/N-ethyl adjacent to an activating group) is 1. The Kier molecular flexibility index (Phi) is 7.84. The summed E-state index contributed by atoms with van der Waals surface area (Å²) >= 11 is 3.33. The number of hydrogen-bond donors (Lipinski definition) is 1. The Morgan fingerprint density at radius 3 is 2.62 bits per heavy atom. The predicted molar refractivity (Wildman–Crippen MR) is 119 cm³/mol. The van der Waals surface area contributed by atoms with E-state index in [9.17, 15) is 9.59 Å². The fraction of sp³-hybridized carbons (Fsp3) is 0.238. The maximum Gasteiger partial charge on any atom is 0.287 e. The molecule has 0 aliphatic heterocycles. The molecular weight excluding hydrogens is 460 g/mol. The molecule has 1 N–H and O–H groups in total. The molecule has 0 saturated heterocycles. The van der Waals surface area contributed by atoms with E-state index in [1.165, 1.54) is 6.07 Å². The van der Waals surface area contributed by atoms with Gasteiger partial charge in [-0.05, 0) is 38.4 Å². The van der Waals surface area contributed by atoms with Crippen LogP contribution in [0, 0.1) is 0 Å². The van der Waals surface area contributed by atoms with Crippen LogP contribution >= 0.6 is 28.3 Å². The van der Waals surface area contributed by atoms with Gasteiger partial charge in [-0.1, -0.05) is 34.1 Å². The van der Waals surface area contributed by atoms with E-state index in [0.717, 1.165) is 15.8 Å². The average molecular weight is 482 g/mol. The molecule has 29 heavy (non-hydrogen) atoms. The number of hydrogen-bond acceptors (Lipinski definition) is 5. The van der Waals surface area contributed by atoms with Crippen molar-refractivity contribution in [3.63, 3.8) is 0 Å². The molecule has 3 rings (SSSR count). The summed E-state index contributed by atoms with van der Waals surface area (Å²) in [5.74, 6) is 0.291. The van der Waals surface area contributed by atoms with Gasteiger partial charge in [0.1, 0.15) is 11.3 Å². The number of para-hydroxylation sites is 1. The largest absolute Gasteiger partial charge is 0.496 e. The molecule has 0 fully saturated rings. The Morgan fingerprint density at radius 1 is 1.21 bits per heavy atom. The predicted octanol–water partition coefficient (Wildman–Crippen LogP) is 4.02. The third kappa shape index (κ3) is 5.18. The molecule has 6 nitrogen and oxygen atoms in total. The summed E-state index contributed by atoms with van der Waals surface area (Å²) < 4.78 is 11.8. The normalized spacial score (nSPS) is 11.8. The lowest BCUT2D eigenvalue weighted by molar-refractivity contribution is 0.0914. The Balaban J connectivity index is 0.00000300. The zero-order valence-corrected chi connectivity index (χ0v) is 18.7. The molecule has 0 bridgehead atoms. The van der Waals surface area contributed by atoms with Crippen LogP contribution in [0.25, 0.3) is 11.0 Å². The SMILES string of the molecule is COc1ccccc1C(CNC(=O)c1cc(=O)c2cc(Br)ccc2o1)N(C)C.Cl. The highest BCUT2D eigenvalue weighted by atomic mass is 79.9. The van der Waals surface area contributed by atoms with Crippen LogP contribution in [-0.4, -0.2) is 38.6 Å². The van der Waals surface area contributed by atoms with E-state index in [4.69, 9.17) is 9.15 Å². The number of nitrogens with one attached hydrogen (secondary N) is 1. The van der Waals surface area contributed by atoms with Gasteiger partial charge in [0.2, 0.25) is 0 Å². The molecule has 1 aromatic heterocycles. The van der Waals surface area contributed by atoms with Crippen molar-refractivity contribution in [2.75, 3.05) is 27.7 Å². The number of methoxy groups -OCH3 is 1. The second-order valence-electron chi connectivity index (χ2n) is 6.55. The molecule has 0 radical (unpaired) electrons. The molecule has 0 spiro atoms. The number of halogens is 2. The minimum absolute atomic E-state index is 0. The number of carbonyl (C=O) groups is 1. The highest BCUT2D eigenvalue weighted by Gasteiger charge is 2.20. The van der Waals surface area contributed by atoms with E-state index in [1.54, 1.807) is 25.3 Å². The summed E-state index contributed by atoms with van der Waals surface area (Å²) in [5.41, 5.74) is 1.07. The Labute approximate surface area is 183 Å². The molecule has 0 saturated carbocycles. The number of fused-ring (bicyclic) bond motifs is 1. The summed E-state index contributed by atoms with van der Waals surface area (Å²) in [6.45, 7) is 0.328. The van der Waals surface area contributed by atoms with Gasteiger partial charge in [0, 0.05) is 22.6 Å². The maximum atomic E-state index is 12.6. The number of nitrogens with zero attached hydrogens (tertiary/aromatic N) is 1. The molecule has 2 aromatic carbocycles. The Morgan fingerprint density at radius 2 is 1.93 bits per heavy atom. The third-order valence-electron chi connectivity index (χ3n) is 4.49. The van der Waals surface area contributed by atoms with Crippen LogP contribution in [0.3, 0.4) is 0 Å². The van der Waals surface area contributed by atoms with Crippen LogP contribution in [0.15, 0.2) is 62.2 Å². The summed E-state index contributed by atoms with van der Waals surface area (Å²) in [7, 11) is 5.47. The molecule has 8 heteroatoms. The van der Waals surface area contributed by atoms with Crippen molar-refractivity contribution in [2.45, 2.75) is 6.04 Å². The van der Waals surface area contributed by atoms with E-state index in [-0.39, 0.29) is 29.6 Å². The molecule has 1 heterocycles. The highest BCUT2D eigenvalue weighted by molar-refractivity contribution is 9.10. The quantitative estimate of drug-likeness (QED) is 0.576. The summed E-state index contributed by atoms with van der Waals surface area (Å²) in [6.07, 6.45) is 0. The first-order chi connectivity index (χ1) is 13.4. The smallest absolute Gasteiger partial charge is 0.287 e. The van der Waals surface area contributed by atoms with Crippen molar-refractivity contribution in [3.05, 3.63) is 74.6 Å². The summed E-state index contributed by atoms with van der Waals surface area (Å²) in [5, 5.41) is 3.28. The summed E-state index contributed by atoms with van der Waals surface area (Å²) in [4.78, 5) is 26.9. The van der Waals surface area contributed by atoms with Gasteiger partial charge in [0.05, 0.1) is 18.5 Å². The first kappa shape index (κ1) is 22.9.